The number of carbonyl (C=O) groups is 9. The van der Waals surface area contributed by atoms with Crippen molar-refractivity contribution in [1.29, 1.82) is 0 Å². The lowest BCUT2D eigenvalue weighted by Crippen LogP contribution is -2.62. The highest BCUT2D eigenvalue weighted by atomic mass is 32.1. The summed E-state index contributed by atoms with van der Waals surface area (Å²) in [4.78, 5) is 125. The van der Waals surface area contributed by atoms with E-state index >= 15 is 0 Å². The molecular formula is C46H83N11O11S. The van der Waals surface area contributed by atoms with Gasteiger partial charge in [-0.3, -0.25) is 38.4 Å². The highest BCUT2D eigenvalue weighted by molar-refractivity contribution is 7.80. The molecule has 2 saturated heterocycles. The van der Waals surface area contributed by atoms with Crippen molar-refractivity contribution >= 4 is 65.9 Å². The lowest BCUT2D eigenvalue weighted by Gasteiger charge is -2.32. The number of unbranched alkanes of at least 4 members (excludes halogenated alkanes) is 2. The minimum atomic E-state index is -1.54. The Labute approximate surface area is 412 Å². The van der Waals surface area contributed by atoms with Gasteiger partial charge in [0.2, 0.25) is 47.3 Å². The average Bonchev–Trinajstić information content (AvgIpc) is 4.00. The number of rotatable bonds is 30. The van der Waals surface area contributed by atoms with E-state index in [4.69, 9.17) is 17.2 Å². The molecule has 0 bridgehead atoms. The number of nitrogens with zero attached hydrogens (tertiary/aromatic N) is 2. The molecule has 69 heavy (non-hydrogen) atoms. The number of aliphatic carboxylic acids is 1. The molecule has 0 aromatic carbocycles. The summed E-state index contributed by atoms with van der Waals surface area (Å²) in [5, 5.41) is 36.5. The van der Waals surface area contributed by atoms with Crippen LogP contribution < -0.4 is 49.1 Å². The van der Waals surface area contributed by atoms with Crippen LogP contribution in [-0.2, 0) is 43.2 Å². The van der Waals surface area contributed by atoms with Gasteiger partial charge in [-0.15, -0.1) is 0 Å². The zero-order chi connectivity index (χ0) is 52.1. The first kappa shape index (κ1) is 60.5. The number of likely N-dealkylation sites (tertiary alicyclic amines) is 2. The third-order valence-electron chi connectivity index (χ3n) is 12.8. The van der Waals surface area contributed by atoms with Gasteiger partial charge in [0, 0.05) is 18.8 Å². The molecule has 0 aliphatic carbocycles. The minimum Gasteiger partial charge on any atom is -0.480 e. The maximum Gasteiger partial charge on any atom is 0.326 e. The van der Waals surface area contributed by atoms with Crippen LogP contribution in [0.1, 0.15) is 126 Å². The van der Waals surface area contributed by atoms with Gasteiger partial charge in [0.05, 0.1) is 12.1 Å². The third-order valence-corrected chi connectivity index (χ3v) is 13.1. The van der Waals surface area contributed by atoms with E-state index in [-0.39, 0.29) is 43.4 Å². The summed E-state index contributed by atoms with van der Waals surface area (Å²) in [5.74, 6) is -7.80. The second-order valence-corrected chi connectivity index (χ2v) is 19.6. The average molecular weight is 998 g/mol. The van der Waals surface area contributed by atoms with E-state index in [1.807, 2.05) is 13.8 Å². The number of hydrogen-bond donors (Lipinski definition) is 12. The van der Waals surface area contributed by atoms with Gasteiger partial charge in [0.25, 0.3) is 0 Å². The molecular weight excluding hydrogens is 915 g/mol. The van der Waals surface area contributed by atoms with Crippen molar-refractivity contribution in [2.75, 3.05) is 31.9 Å². The van der Waals surface area contributed by atoms with E-state index in [0.29, 0.717) is 77.4 Å². The van der Waals surface area contributed by atoms with Crippen molar-refractivity contribution in [3.05, 3.63) is 0 Å². The number of carboxylic acid groups (broad SMARTS) is 1. The minimum absolute atomic E-state index is 0.0819. The van der Waals surface area contributed by atoms with Gasteiger partial charge in [-0.1, -0.05) is 54.4 Å². The molecule has 2 aliphatic rings. The summed E-state index contributed by atoms with van der Waals surface area (Å²) in [6.07, 6.45) is 3.47. The van der Waals surface area contributed by atoms with Gasteiger partial charge in [0.15, 0.2) is 0 Å². The van der Waals surface area contributed by atoms with Gasteiger partial charge in [-0.25, -0.2) is 4.79 Å². The molecule has 11 atom stereocenters. The van der Waals surface area contributed by atoms with Crippen molar-refractivity contribution in [3.8, 4) is 0 Å². The van der Waals surface area contributed by atoms with Crippen LogP contribution in [0.25, 0.3) is 0 Å². The molecule has 2 aliphatic heterocycles. The molecule has 0 aromatic rings. The molecule has 2 fully saturated rings. The number of aliphatic hydroxyl groups is 1. The van der Waals surface area contributed by atoms with Crippen LogP contribution in [-0.4, -0.2) is 166 Å². The molecule has 0 aromatic heterocycles. The highest BCUT2D eigenvalue weighted by Crippen LogP contribution is 2.22. The van der Waals surface area contributed by atoms with Gasteiger partial charge in [-0.2, -0.15) is 12.6 Å². The third kappa shape index (κ3) is 18.6. The van der Waals surface area contributed by atoms with Gasteiger partial charge < -0.3 is 69.1 Å². The van der Waals surface area contributed by atoms with Gasteiger partial charge in [0.1, 0.15) is 48.3 Å². The number of carboxylic acids is 1. The van der Waals surface area contributed by atoms with Crippen molar-refractivity contribution in [2.24, 2.45) is 35.0 Å². The number of aliphatic hydroxyl groups excluding tert-OH is 1. The lowest BCUT2D eigenvalue weighted by atomic mass is 9.98. The van der Waals surface area contributed by atoms with Crippen molar-refractivity contribution < 1.29 is 53.4 Å². The van der Waals surface area contributed by atoms with Crippen LogP contribution >= 0.6 is 12.6 Å². The Balaban J connectivity index is 2.25. The lowest BCUT2D eigenvalue weighted by molar-refractivity contribution is -0.147. The molecule has 0 radical (unpaired) electrons. The maximum atomic E-state index is 14.1. The maximum absolute atomic E-state index is 14.1. The molecule has 23 heteroatoms. The largest absolute Gasteiger partial charge is 0.480 e. The van der Waals surface area contributed by atoms with E-state index in [1.165, 1.54) is 16.7 Å². The Morgan fingerprint density at radius 2 is 1.12 bits per heavy atom. The molecule has 0 unspecified atom stereocenters. The van der Waals surface area contributed by atoms with Crippen molar-refractivity contribution in [1.82, 2.24) is 41.7 Å². The van der Waals surface area contributed by atoms with E-state index in [1.54, 1.807) is 27.7 Å². The molecule has 2 heterocycles. The number of amides is 8. The van der Waals surface area contributed by atoms with Crippen LogP contribution in [0.15, 0.2) is 0 Å². The molecule has 0 saturated carbocycles. The predicted molar refractivity (Wildman–Crippen MR) is 262 cm³/mol. The second-order valence-electron chi connectivity index (χ2n) is 19.2. The normalized spacial score (nSPS) is 19.9. The van der Waals surface area contributed by atoms with Crippen LogP contribution in [0, 0.1) is 17.8 Å². The molecule has 8 amide bonds. The number of thiol groups is 1. The number of nitrogens with one attached hydrogen (secondary N) is 6. The van der Waals surface area contributed by atoms with E-state index in [0.717, 1.165) is 0 Å². The molecule has 14 N–H and O–H groups in total. The summed E-state index contributed by atoms with van der Waals surface area (Å²) in [6.45, 7) is 13.0. The van der Waals surface area contributed by atoms with Gasteiger partial charge >= 0.3 is 5.97 Å². The first-order valence-corrected chi connectivity index (χ1v) is 25.3. The molecule has 394 valence electrons. The highest BCUT2D eigenvalue weighted by Gasteiger charge is 2.42. The van der Waals surface area contributed by atoms with Gasteiger partial charge in [-0.05, 0) is 102 Å². The number of hydrogen-bond acceptors (Lipinski definition) is 14. The monoisotopic (exact) mass is 998 g/mol. The van der Waals surface area contributed by atoms with Crippen LogP contribution in [0.5, 0.6) is 0 Å². The predicted octanol–water partition coefficient (Wildman–Crippen LogP) is -1.39. The Bertz CT molecular complexity index is 1740. The Hall–Kier alpha value is -4.58. The smallest absolute Gasteiger partial charge is 0.326 e. The van der Waals surface area contributed by atoms with Crippen LogP contribution in [0.2, 0.25) is 0 Å². The quantitative estimate of drug-likeness (QED) is 0.0291. The number of nitrogens with two attached hydrogens (primary N) is 3. The number of carbonyl (C=O) groups excluding carboxylic acids is 8. The SMILES string of the molecule is CC[C@H](C)[C@H](NC(=O)[C@@H]1CCCN1C(=O)[C@@H](NC(=O)[C@H](CC(C)C)NC(=O)[C@H](CCCCN)NC(=O)[C@@H](NC(=O)[C@H](CS)NC(=O)[C@@H]1CCCN1C(=O)[C@@H](N)CCCCN)C(C)C)[C@@H](C)O)C(=O)O. The summed E-state index contributed by atoms with van der Waals surface area (Å²) >= 11 is 4.29. The summed E-state index contributed by atoms with van der Waals surface area (Å²) in [6, 6.07) is -10.3. The van der Waals surface area contributed by atoms with Crippen molar-refractivity contribution in [3.63, 3.8) is 0 Å². The fourth-order valence-corrected chi connectivity index (χ4v) is 8.71. The zero-order valence-corrected chi connectivity index (χ0v) is 42.6. The van der Waals surface area contributed by atoms with E-state index < -0.39 is 120 Å². The van der Waals surface area contributed by atoms with Crippen LogP contribution in [0.4, 0.5) is 0 Å². The Morgan fingerprint density at radius 3 is 1.61 bits per heavy atom. The van der Waals surface area contributed by atoms with E-state index in [9.17, 15) is 53.4 Å². The second kappa shape index (κ2) is 30.2. The van der Waals surface area contributed by atoms with Crippen molar-refractivity contribution in [2.45, 2.75) is 186 Å². The molecule has 0 spiro atoms. The fraction of sp³-hybridized carbons (Fsp3) is 0.804. The first-order valence-electron chi connectivity index (χ1n) is 24.6. The standard InChI is InChI=1S/C46H83N11O11S/c1-8-27(6)36(46(67)68)54-42(63)34-18-14-22-57(34)45(66)37(28(7)58)55-39(60)31(23-25(2)3)51-38(59)30(16-10-12-20-48)50-43(64)35(26(4)5)53-40(61)32(24-69)52-41(62)33-17-13-21-56(33)44(65)29(49)15-9-11-19-47/h25-37,58,69H,8-24,47-49H2,1-7H3,(H,50,64)(H,51,59)(H,52,62)(H,53,61)(H,54,63)(H,55,60)(H,67,68)/t27-,28+,29-,30-,31-,32-,33-,34-,35-,36-,37-/m0/s1. The Morgan fingerprint density at radius 1 is 0.623 bits per heavy atom. The summed E-state index contributed by atoms with van der Waals surface area (Å²) < 4.78 is 0. The van der Waals surface area contributed by atoms with Crippen LogP contribution in [0.3, 0.4) is 0 Å². The first-order chi connectivity index (χ1) is 32.5. The fourth-order valence-electron chi connectivity index (χ4n) is 8.45. The Kier molecular flexibility index (Phi) is 26.5. The topological polar surface area (TPSA) is 351 Å². The molecule has 22 nitrogen and oxygen atoms in total. The molecule has 2 rings (SSSR count). The summed E-state index contributed by atoms with van der Waals surface area (Å²) in [5.41, 5.74) is 17.5. The summed E-state index contributed by atoms with van der Waals surface area (Å²) in [7, 11) is 0. The zero-order valence-electron chi connectivity index (χ0n) is 41.7. The van der Waals surface area contributed by atoms with E-state index in [2.05, 4.69) is 44.5 Å².